The molecule has 1 saturated carbocycles. The first-order valence-electron chi connectivity index (χ1n) is 6.48. The molecule has 1 aromatic heterocycles. The van der Waals surface area contributed by atoms with Gasteiger partial charge in [-0.25, -0.2) is 9.78 Å². The molecule has 2 rings (SSSR count). The number of esters is 1. The lowest BCUT2D eigenvalue weighted by Crippen LogP contribution is -2.24. The van der Waals surface area contributed by atoms with Crippen molar-refractivity contribution < 1.29 is 14.5 Å². The molecule has 0 bridgehead atoms. The highest BCUT2D eigenvalue weighted by atomic mass is 35.5. The number of carbonyl (C=O) groups excluding carboxylic acids is 1. The van der Waals surface area contributed by atoms with Crippen LogP contribution in [0.5, 0.6) is 0 Å². The third-order valence-corrected chi connectivity index (χ3v) is 3.72. The summed E-state index contributed by atoms with van der Waals surface area (Å²) in [5.41, 5.74) is -0.336. The Morgan fingerprint density at radius 2 is 2.30 bits per heavy atom. The van der Waals surface area contributed by atoms with Crippen LogP contribution >= 0.6 is 11.6 Å². The third kappa shape index (κ3) is 3.45. The number of hydrogen-bond donors (Lipinski definition) is 0. The van der Waals surface area contributed by atoms with Crippen molar-refractivity contribution in [2.45, 2.75) is 38.7 Å². The van der Waals surface area contributed by atoms with Gasteiger partial charge in [0.1, 0.15) is 23.0 Å². The Hall–Kier alpha value is -1.69. The van der Waals surface area contributed by atoms with Gasteiger partial charge in [0.2, 0.25) is 0 Å². The summed E-state index contributed by atoms with van der Waals surface area (Å²) in [5, 5.41) is 10.6. The molecule has 0 aromatic carbocycles. The van der Waals surface area contributed by atoms with Crippen LogP contribution in [0.15, 0.2) is 12.3 Å². The number of aromatic nitrogens is 1. The third-order valence-electron chi connectivity index (χ3n) is 3.42. The first-order chi connectivity index (χ1) is 9.47. The molecule has 20 heavy (non-hydrogen) atoms. The summed E-state index contributed by atoms with van der Waals surface area (Å²) < 4.78 is 5.38. The van der Waals surface area contributed by atoms with E-state index in [1.165, 1.54) is 0 Å². The van der Waals surface area contributed by atoms with Crippen molar-refractivity contribution in [1.29, 1.82) is 0 Å². The van der Waals surface area contributed by atoms with Crippen molar-refractivity contribution in [2.24, 2.45) is 5.92 Å². The standard InChI is InChI=1S/C13H15ClN2O4/c1-8-3-2-4-10(5-8)20-13(17)11-6-9(16(18)19)7-15-12(11)14/h6-8,10H,2-5H2,1H3. The molecule has 1 aliphatic rings. The van der Waals surface area contributed by atoms with Crippen LogP contribution in [0, 0.1) is 16.0 Å². The summed E-state index contributed by atoms with van der Waals surface area (Å²) >= 11 is 5.81. The maximum absolute atomic E-state index is 12.0. The molecule has 0 amide bonds. The van der Waals surface area contributed by atoms with Gasteiger partial charge in [0.25, 0.3) is 5.69 Å². The van der Waals surface area contributed by atoms with Gasteiger partial charge in [-0.1, -0.05) is 24.9 Å². The largest absolute Gasteiger partial charge is 0.459 e. The number of halogens is 1. The van der Waals surface area contributed by atoms with Crippen LogP contribution in [-0.2, 0) is 4.74 Å². The van der Waals surface area contributed by atoms with Crippen LogP contribution in [-0.4, -0.2) is 22.0 Å². The van der Waals surface area contributed by atoms with Gasteiger partial charge in [0.15, 0.2) is 0 Å². The summed E-state index contributed by atoms with van der Waals surface area (Å²) in [5.74, 6) is -0.134. The Morgan fingerprint density at radius 3 is 2.95 bits per heavy atom. The zero-order chi connectivity index (χ0) is 14.7. The molecule has 0 saturated heterocycles. The Morgan fingerprint density at radius 1 is 1.55 bits per heavy atom. The second kappa shape index (κ2) is 6.17. The first kappa shape index (κ1) is 14.7. The minimum absolute atomic E-state index is 0.0564. The van der Waals surface area contributed by atoms with Crippen molar-refractivity contribution in [1.82, 2.24) is 4.98 Å². The highest BCUT2D eigenvalue weighted by Gasteiger charge is 2.25. The Labute approximate surface area is 121 Å². The molecule has 1 fully saturated rings. The van der Waals surface area contributed by atoms with E-state index < -0.39 is 10.9 Å². The van der Waals surface area contributed by atoms with Crippen molar-refractivity contribution in [3.63, 3.8) is 0 Å². The van der Waals surface area contributed by atoms with E-state index in [9.17, 15) is 14.9 Å². The van der Waals surface area contributed by atoms with Gasteiger partial charge in [-0.05, 0) is 25.2 Å². The number of nitrogens with zero attached hydrogens (tertiary/aromatic N) is 2. The van der Waals surface area contributed by atoms with Crippen LogP contribution in [0.2, 0.25) is 5.15 Å². The van der Waals surface area contributed by atoms with E-state index in [1.807, 2.05) is 0 Å². The smallest absolute Gasteiger partial charge is 0.341 e. The molecule has 1 aromatic rings. The highest BCUT2D eigenvalue weighted by molar-refractivity contribution is 6.32. The molecule has 2 atom stereocenters. The molecule has 7 heteroatoms. The number of rotatable bonds is 3. The molecule has 1 heterocycles. The van der Waals surface area contributed by atoms with Gasteiger partial charge >= 0.3 is 5.97 Å². The number of carbonyl (C=O) groups is 1. The van der Waals surface area contributed by atoms with Gasteiger partial charge in [0, 0.05) is 6.07 Å². The lowest BCUT2D eigenvalue weighted by atomic mass is 9.89. The zero-order valence-corrected chi connectivity index (χ0v) is 11.8. The molecular weight excluding hydrogens is 284 g/mol. The van der Waals surface area contributed by atoms with Gasteiger partial charge in [-0.15, -0.1) is 0 Å². The first-order valence-corrected chi connectivity index (χ1v) is 6.86. The molecule has 2 unspecified atom stereocenters. The average Bonchev–Trinajstić information content (AvgIpc) is 2.38. The zero-order valence-electron chi connectivity index (χ0n) is 11.0. The fraction of sp³-hybridized carbons (Fsp3) is 0.538. The predicted octanol–water partition coefficient (Wildman–Crippen LogP) is 3.38. The van der Waals surface area contributed by atoms with E-state index >= 15 is 0 Å². The van der Waals surface area contributed by atoms with Crippen LogP contribution in [0.25, 0.3) is 0 Å². The van der Waals surface area contributed by atoms with E-state index in [0.717, 1.165) is 37.9 Å². The van der Waals surface area contributed by atoms with E-state index in [2.05, 4.69) is 11.9 Å². The van der Waals surface area contributed by atoms with Crippen molar-refractivity contribution in [2.75, 3.05) is 0 Å². The van der Waals surface area contributed by atoms with E-state index in [-0.39, 0.29) is 22.5 Å². The second-order valence-corrected chi connectivity index (χ2v) is 5.45. The van der Waals surface area contributed by atoms with Crippen molar-refractivity contribution >= 4 is 23.3 Å². The predicted molar refractivity (Wildman–Crippen MR) is 72.7 cm³/mol. The summed E-state index contributed by atoms with van der Waals surface area (Å²) in [4.78, 5) is 25.8. The van der Waals surface area contributed by atoms with Gasteiger partial charge in [-0.2, -0.15) is 0 Å². The maximum Gasteiger partial charge on any atom is 0.341 e. The topological polar surface area (TPSA) is 82.3 Å². The lowest BCUT2D eigenvalue weighted by Gasteiger charge is -2.26. The number of pyridine rings is 1. The van der Waals surface area contributed by atoms with Gasteiger partial charge < -0.3 is 4.74 Å². The summed E-state index contributed by atoms with van der Waals surface area (Å²) in [6.07, 6.45) is 4.64. The fourth-order valence-corrected chi connectivity index (χ4v) is 2.56. The fourth-order valence-electron chi connectivity index (χ4n) is 2.38. The molecule has 1 aliphatic carbocycles. The van der Waals surface area contributed by atoms with Crippen molar-refractivity contribution in [3.8, 4) is 0 Å². The SMILES string of the molecule is CC1CCCC(OC(=O)c2cc([N+](=O)[O-])cnc2Cl)C1. The van der Waals surface area contributed by atoms with Crippen LogP contribution < -0.4 is 0 Å². The minimum atomic E-state index is -0.648. The molecule has 0 spiro atoms. The van der Waals surface area contributed by atoms with E-state index in [4.69, 9.17) is 16.3 Å². The molecule has 108 valence electrons. The van der Waals surface area contributed by atoms with Crippen molar-refractivity contribution in [3.05, 3.63) is 33.1 Å². The quantitative estimate of drug-likeness (QED) is 0.370. The average molecular weight is 299 g/mol. The Bertz CT molecular complexity index is 535. The Balaban J connectivity index is 2.12. The summed E-state index contributed by atoms with van der Waals surface area (Å²) in [6, 6.07) is 1.10. The van der Waals surface area contributed by atoms with Crippen LogP contribution in [0.4, 0.5) is 5.69 Å². The monoisotopic (exact) mass is 298 g/mol. The normalized spacial score (nSPS) is 22.3. The van der Waals surface area contributed by atoms with E-state index in [1.54, 1.807) is 0 Å². The number of hydrogen-bond acceptors (Lipinski definition) is 5. The lowest BCUT2D eigenvalue weighted by molar-refractivity contribution is -0.385. The number of ether oxygens (including phenoxy) is 1. The maximum atomic E-state index is 12.0. The summed E-state index contributed by atoms with van der Waals surface area (Å²) in [7, 11) is 0. The number of nitro groups is 1. The Kier molecular flexibility index (Phi) is 4.54. The summed E-state index contributed by atoms with van der Waals surface area (Å²) in [6.45, 7) is 2.11. The molecule has 0 aliphatic heterocycles. The highest BCUT2D eigenvalue weighted by Crippen LogP contribution is 2.27. The molecule has 0 radical (unpaired) electrons. The molecule has 0 N–H and O–H groups in total. The minimum Gasteiger partial charge on any atom is -0.459 e. The van der Waals surface area contributed by atoms with Gasteiger partial charge in [-0.3, -0.25) is 10.1 Å². The molecule has 6 nitrogen and oxygen atoms in total. The second-order valence-electron chi connectivity index (χ2n) is 5.09. The molecular formula is C13H15ClN2O4. The van der Waals surface area contributed by atoms with Crippen LogP contribution in [0.1, 0.15) is 43.0 Å². The van der Waals surface area contributed by atoms with Crippen LogP contribution in [0.3, 0.4) is 0 Å². The van der Waals surface area contributed by atoms with E-state index in [0.29, 0.717) is 5.92 Å². The van der Waals surface area contributed by atoms with Gasteiger partial charge in [0.05, 0.1) is 4.92 Å².